The van der Waals surface area contributed by atoms with Crippen molar-refractivity contribution in [3.63, 3.8) is 0 Å². The number of halogens is 2. The van der Waals surface area contributed by atoms with Crippen LogP contribution in [0.2, 0.25) is 0 Å². The summed E-state index contributed by atoms with van der Waals surface area (Å²) in [5.74, 6) is 0.482. The maximum atomic E-state index is 9.32. The lowest BCUT2D eigenvalue weighted by atomic mass is 10.0. The van der Waals surface area contributed by atoms with E-state index in [1.807, 2.05) is 12.1 Å². The molecule has 17 heavy (non-hydrogen) atoms. The van der Waals surface area contributed by atoms with Gasteiger partial charge in [0.25, 0.3) is 0 Å². The summed E-state index contributed by atoms with van der Waals surface area (Å²) < 4.78 is 1.75. The summed E-state index contributed by atoms with van der Waals surface area (Å²) in [5, 5.41) is 18.6. The van der Waals surface area contributed by atoms with Gasteiger partial charge in [0.1, 0.15) is 11.5 Å². The molecule has 0 radical (unpaired) electrons. The van der Waals surface area contributed by atoms with Gasteiger partial charge in [0.05, 0.1) is 0 Å². The first-order valence-corrected chi connectivity index (χ1v) is 6.59. The van der Waals surface area contributed by atoms with E-state index in [1.165, 1.54) is 0 Å². The van der Waals surface area contributed by atoms with Crippen LogP contribution in [0.4, 0.5) is 0 Å². The van der Waals surface area contributed by atoms with Crippen LogP contribution >= 0.6 is 31.9 Å². The fourth-order valence-corrected chi connectivity index (χ4v) is 2.58. The van der Waals surface area contributed by atoms with Gasteiger partial charge in [0.15, 0.2) is 0 Å². The summed E-state index contributed by atoms with van der Waals surface area (Å²) in [6.45, 7) is 0. The van der Waals surface area contributed by atoms with E-state index in [-0.39, 0.29) is 11.5 Å². The molecule has 88 valence electrons. The zero-order valence-corrected chi connectivity index (χ0v) is 12.0. The molecule has 4 heteroatoms. The summed E-state index contributed by atoms with van der Waals surface area (Å²) in [6, 6.07) is 10.4. The molecule has 0 aliphatic rings. The first kappa shape index (κ1) is 12.5. The predicted molar refractivity (Wildman–Crippen MR) is 74.4 cm³/mol. The molecule has 2 rings (SSSR count). The fourth-order valence-electron chi connectivity index (χ4n) is 1.56. The van der Waals surface area contributed by atoms with E-state index < -0.39 is 0 Å². The van der Waals surface area contributed by atoms with E-state index in [2.05, 4.69) is 31.9 Å². The second-order valence-corrected chi connectivity index (χ2v) is 5.44. The molecular formula is C13H10Br2O2. The minimum Gasteiger partial charge on any atom is -0.508 e. The number of rotatable bonds is 2. The summed E-state index contributed by atoms with van der Waals surface area (Å²) in [4.78, 5) is 0. The largest absolute Gasteiger partial charge is 0.508 e. The van der Waals surface area contributed by atoms with Gasteiger partial charge in [0.2, 0.25) is 0 Å². The van der Waals surface area contributed by atoms with Gasteiger partial charge in [-0.1, -0.05) is 44.0 Å². The first-order valence-electron chi connectivity index (χ1n) is 5.01. The van der Waals surface area contributed by atoms with Crippen molar-refractivity contribution >= 4 is 31.9 Å². The Balaban J connectivity index is 2.31. The third-order valence-electron chi connectivity index (χ3n) is 2.45. The normalized spacial score (nSPS) is 10.5. The van der Waals surface area contributed by atoms with Crippen molar-refractivity contribution in [2.24, 2.45) is 0 Å². The second-order valence-electron chi connectivity index (χ2n) is 3.73. The van der Waals surface area contributed by atoms with Gasteiger partial charge in [-0.15, -0.1) is 0 Å². The van der Waals surface area contributed by atoms with Crippen LogP contribution in [0, 0.1) is 0 Å². The number of hydrogen-bond donors (Lipinski definition) is 2. The molecule has 0 aliphatic heterocycles. The Labute approximate surface area is 116 Å². The first-order chi connectivity index (χ1) is 8.06. The smallest absolute Gasteiger partial charge is 0.116 e. The average Bonchev–Trinajstić information content (AvgIpc) is 2.25. The quantitative estimate of drug-likeness (QED) is 0.845. The van der Waals surface area contributed by atoms with Gasteiger partial charge < -0.3 is 10.2 Å². The van der Waals surface area contributed by atoms with Crippen LogP contribution in [-0.4, -0.2) is 10.2 Å². The lowest BCUT2D eigenvalue weighted by Crippen LogP contribution is -1.90. The van der Waals surface area contributed by atoms with Crippen LogP contribution in [0.25, 0.3) is 0 Å². The van der Waals surface area contributed by atoms with Crippen LogP contribution in [-0.2, 0) is 6.42 Å². The van der Waals surface area contributed by atoms with Crippen molar-refractivity contribution in [3.05, 3.63) is 56.5 Å². The van der Waals surface area contributed by atoms with Gasteiger partial charge in [-0.2, -0.15) is 0 Å². The molecule has 2 nitrogen and oxygen atoms in total. The van der Waals surface area contributed by atoms with E-state index in [0.29, 0.717) is 0 Å². The minimum atomic E-state index is 0.241. The van der Waals surface area contributed by atoms with Crippen LogP contribution in [0.15, 0.2) is 45.3 Å². The van der Waals surface area contributed by atoms with Crippen molar-refractivity contribution < 1.29 is 10.2 Å². The van der Waals surface area contributed by atoms with Crippen molar-refractivity contribution in [1.82, 2.24) is 0 Å². The minimum absolute atomic E-state index is 0.241. The van der Waals surface area contributed by atoms with E-state index in [1.54, 1.807) is 24.3 Å². The zero-order chi connectivity index (χ0) is 12.4. The van der Waals surface area contributed by atoms with Crippen LogP contribution in [0.3, 0.4) is 0 Å². The molecule has 0 saturated heterocycles. The van der Waals surface area contributed by atoms with Crippen LogP contribution in [0.1, 0.15) is 11.1 Å². The molecule has 0 aromatic heterocycles. The monoisotopic (exact) mass is 356 g/mol. The van der Waals surface area contributed by atoms with E-state index in [9.17, 15) is 10.2 Å². The third kappa shape index (κ3) is 3.01. The lowest BCUT2D eigenvalue weighted by molar-refractivity contribution is 0.474. The fraction of sp³-hybridized carbons (Fsp3) is 0.0769. The van der Waals surface area contributed by atoms with Crippen LogP contribution in [0.5, 0.6) is 11.5 Å². The number of benzene rings is 2. The highest BCUT2D eigenvalue weighted by Crippen LogP contribution is 2.28. The van der Waals surface area contributed by atoms with Crippen molar-refractivity contribution in [2.45, 2.75) is 6.42 Å². The Hall–Kier alpha value is -1.00. The maximum Gasteiger partial charge on any atom is 0.116 e. The molecule has 0 amide bonds. The van der Waals surface area contributed by atoms with Gasteiger partial charge >= 0.3 is 0 Å². The van der Waals surface area contributed by atoms with Gasteiger partial charge in [0, 0.05) is 8.95 Å². The lowest BCUT2D eigenvalue weighted by Gasteiger charge is -2.07. The molecule has 2 aromatic rings. The standard InChI is InChI=1S/C13H10Br2O2/c14-12-6-10(16)3-1-8(12)5-9-2-4-11(17)7-13(9)15/h1-4,6-7,16-17H,5H2. The second kappa shape index (κ2) is 5.10. The average molecular weight is 358 g/mol. The highest BCUT2D eigenvalue weighted by Gasteiger charge is 2.06. The number of phenols is 2. The molecule has 0 spiro atoms. The highest BCUT2D eigenvalue weighted by atomic mass is 79.9. The van der Waals surface area contributed by atoms with Crippen LogP contribution < -0.4 is 0 Å². The molecule has 2 N–H and O–H groups in total. The van der Waals surface area contributed by atoms with Crippen molar-refractivity contribution in [2.75, 3.05) is 0 Å². The summed E-state index contributed by atoms with van der Waals surface area (Å²) in [7, 11) is 0. The molecule has 0 heterocycles. The zero-order valence-electron chi connectivity index (χ0n) is 8.82. The summed E-state index contributed by atoms with van der Waals surface area (Å²) >= 11 is 6.84. The Morgan fingerprint density at radius 1 is 0.765 bits per heavy atom. The van der Waals surface area contributed by atoms with E-state index >= 15 is 0 Å². The number of aromatic hydroxyl groups is 2. The Morgan fingerprint density at radius 3 is 1.53 bits per heavy atom. The molecule has 0 saturated carbocycles. The van der Waals surface area contributed by atoms with Gasteiger partial charge in [-0.05, 0) is 41.8 Å². The molecular weight excluding hydrogens is 348 g/mol. The Bertz CT molecular complexity index is 504. The molecule has 0 fully saturated rings. The summed E-state index contributed by atoms with van der Waals surface area (Å²) in [6.07, 6.45) is 0.724. The third-order valence-corrected chi connectivity index (χ3v) is 3.93. The number of hydrogen-bond acceptors (Lipinski definition) is 2. The van der Waals surface area contributed by atoms with Crippen molar-refractivity contribution in [3.8, 4) is 11.5 Å². The highest BCUT2D eigenvalue weighted by molar-refractivity contribution is 9.10. The molecule has 2 aromatic carbocycles. The van der Waals surface area contributed by atoms with Gasteiger partial charge in [-0.25, -0.2) is 0 Å². The van der Waals surface area contributed by atoms with Crippen molar-refractivity contribution in [1.29, 1.82) is 0 Å². The topological polar surface area (TPSA) is 40.5 Å². The summed E-state index contributed by atoms with van der Waals surface area (Å²) in [5.41, 5.74) is 2.16. The maximum absolute atomic E-state index is 9.32. The van der Waals surface area contributed by atoms with Gasteiger partial charge in [-0.3, -0.25) is 0 Å². The van der Waals surface area contributed by atoms with E-state index in [0.717, 1.165) is 26.5 Å². The SMILES string of the molecule is Oc1ccc(Cc2ccc(O)cc2Br)c(Br)c1. The molecule has 0 aliphatic carbocycles. The Morgan fingerprint density at radius 2 is 1.18 bits per heavy atom. The number of phenolic OH excluding ortho intramolecular Hbond substituents is 2. The molecule has 0 unspecified atom stereocenters. The molecule has 0 bridgehead atoms. The predicted octanol–water partition coefficient (Wildman–Crippen LogP) is 4.21. The Kier molecular flexibility index (Phi) is 3.74. The molecule has 0 atom stereocenters. The van der Waals surface area contributed by atoms with E-state index in [4.69, 9.17) is 0 Å².